The van der Waals surface area contributed by atoms with Gasteiger partial charge in [0.05, 0.1) is 12.1 Å². The summed E-state index contributed by atoms with van der Waals surface area (Å²) in [7, 11) is 1.86. The molecular formula is C13H23N3O2. The largest absolute Gasteiger partial charge is 0.368 e. The molecule has 102 valence electrons. The molecule has 0 bridgehead atoms. The maximum Gasteiger partial charge on any atom is 0.237 e. The van der Waals surface area contributed by atoms with E-state index in [0.717, 1.165) is 25.7 Å². The zero-order valence-electron chi connectivity index (χ0n) is 11.1. The summed E-state index contributed by atoms with van der Waals surface area (Å²) in [6.45, 7) is 0.218. The Morgan fingerprint density at radius 2 is 1.89 bits per heavy atom. The average molecular weight is 253 g/mol. The fourth-order valence-corrected chi connectivity index (χ4v) is 2.68. The van der Waals surface area contributed by atoms with Gasteiger partial charge in [0, 0.05) is 13.1 Å². The van der Waals surface area contributed by atoms with Crippen LogP contribution in [0.25, 0.3) is 0 Å². The van der Waals surface area contributed by atoms with Gasteiger partial charge in [0.25, 0.3) is 0 Å². The molecule has 0 aliphatic heterocycles. The molecule has 5 heteroatoms. The van der Waals surface area contributed by atoms with Gasteiger partial charge in [-0.2, -0.15) is 0 Å². The Labute approximate surface area is 108 Å². The molecule has 5 nitrogen and oxygen atoms in total. The normalized spacial score (nSPS) is 22.5. The molecule has 0 aromatic carbocycles. The van der Waals surface area contributed by atoms with Crippen LogP contribution in [-0.4, -0.2) is 41.9 Å². The Morgan fingerprint density at radius 3 is 2.39 bits per heavy atom. The summed E-state index contributed by atoms with van der Waals surface area (Å²) < 4.78 is 0. The molecule has 0 atom stereocenters. The van der Waals surface area contributed by atoms with Gasteiger partial charge in [-0.3, -0.25) is 14.9 Å². The summed E-state index contributed by atoms with van der Waals surface area (Å²) in [5, 5.41) is 3.02. The SMILES string of the molecule is CN(C(=O)CNC1(C(N)=O)CC1)C1CCCCC1. The van der Waals surface area contributed by atoms with Crippen molar-refractivity contribution in [3.63, 3.8) is 0 Å². The minimum atomic E-state index is -0.594. The van der Waals surface area contributed by atoms with Crippen molar-refractivity contribution in [2.75, 3.05) is 13.6 Å². The maximum atomic E-state index is 12.1. The second-order valence-electron chi connectivity index (χ2n) is 5.60. The standard InChI is InChI=1S/C13H23N3O2/c1-16(10-5-3-2-4-6-10)11(17)9-15-13(7-8-13)12(14)18/h10,15H,2-9H2,1H3,(H2,14,18). The molecule has 0 saturated heterocycles. The number of nitrogens with one attached hydrogen (secondary N) is 1. The number of likely N-dealkylation sites (N-methyl/N-ethyl adjacent to an activating group) is 1. The Morgan fingerprint density at radius 1 is 1.28 bits per heavy atom. The van der Waals surface area contributed by atoms with Crippen molar-refractivity contribution in [2.45, 2.75) is 56.5 Å². The molecule has 0 radical (unpaired) electrons. The second-order valence-corrected chi connectivity index (χ2v) is 5.60. The maximum absolute atomic E-state index is 12.1. The van der Waals surface area contributed by atoms with Crippen molar-refractivity contribution < 1.29 is 9.59 Å². The third-order valence-electron chi connectivity index (χ3n) is 4.32. The van der Waals surface area contributed by atoms with Crippen molar-refractivity contribution in [3.05, 3.63) is 0 Å². The Bertz CT molecular complexity index is 333. The van der Waals surface area contributed by atoms with Gasteiger partial charge in [0.2, 0.25) is 11.8 Å². The lowest BCUT2D eigenvalue weighted by atomic mass is 9.94. The zero-order chi connectivity index (χ0) is 13.2. The van der Waals surface area contributed by atoms with Gasteiger partial charge >= 0.3 is 0 Å². The number of primary amides is 1. The van der Waals surface area contributed by atoms with E-state index in [1.807, 2.05) is 11.9 Å². The molecular weight excluding hydrogens is 230 g/mol. The molecule has 2 aliphatic rings. The van der Waals surface area contributed by atoms with Crippen molar-refractivity contribution in [2.24, 2.45) is 5.73 Å². The third-order valence-corrected chi connectivity index (χ3v) is 4.32. The summed E-state index contributed by atoms with van der Waals surface area (Å²) in [5.41, 5.74) is 4.72. The molecule has 18 heavy (non-hydrogen) atoms. The molecule has 2 saturated carbocycles. The highest BCUT2D eigenvalue weighted by Gasteiger charge is 2.48. The lowest BCUT2D eigenvalue weighted by molar-refractivity contribution is -0.132. The van der Waals surface area contributed by atoms with Crippen LogP contribution in [0.15, 0.2) is 0 Å². The number of nitrogens with two attached hydrogens (primary N) is 1. The molecule has 2 rings (SSSR count). The van der Waals surface area contributed by atoms with Crippen LogP contribution >= 0.6 is 0 Å². The summed E-state index contributed by atoms with van der Waals surface area (Å²) in [5.74, 6) is -0.273. The van der Waals surface area contributed by atoms with E-state index in [-0.39, 0.29) is 18.4 Å². The zero-order valence-corrected chi connectivity index (χ0v) is 11.1. The minimum absolute atomic E-state index is 0.0643. The molecule has 0 unspecified atom stereocenters. The van der Waals surface area contributed by atoms with Crippen LogP contribution in [0.1, 0.15) is 44.9 Å². The number of amides is 2. The van der Waals surface area contributed by atoms with Crippen LogP contribution in [0.2, 0.25) is 0 Å². The van der Waals surface area contributed by atoms with Crippen LogP contribution in [0.4, 0.5) is 0 Å². The fraction of sp³-hybridized carbons (Fsp3) is 0.846. The van der Waals surface area contributed by atoms with Crippen LogP contribution in [-0.2, 0) is 9.59 Å². The quantitative estimate of drug-likeness (QED) is 0.744. The van der Waals surface area contributed by atoms with E-state index >= 15 is 0 Å². The first kappa shape index (κ1) is 13.3. The van der Waals surface area contributed by atoms with Crippen LogP contribution in [0, 0.1) is 0 Å². The molecule has 0 aromatic heterocycles. The van der Waals surface area contributed by atoms with Gasteiger partial charge in [0.1, 0.15) is 0 Å². The lowest BCUT2D eigenvalue weighted by Crippen LogP contribution is -2.49. The van der Waals surface area contributed by atoms with Gasteiger partial charge in [-0.1, -0.05) is 19.3 Å². The molecule has 2 amide bonds. The smallest absolute Gasteiger partial charge is 0.237 e. The Balaban J connectivity index is 1.78. The summed E-state index contributed by atoms with van der Waals surface area (Å²) >= 11 is 0. The van der Waals surface area contributed by atoms with Gasteiger partial charge < -0.3 is 10.6 Å². The highest BCUT2D eigenvalue weighted by atomic mass is 16.2. The van der Waals surface area contributed by atoms with E-state index in [1.165, 1.54) is 19.3 Å². The number of carbonyl (C=O) groups excluding carboxylic acids is 2. The molecule has 0 spiro atoms. The third kappa shape index (κ3) is 2.83. The van der Waals surface area contributed by atoms with Gasteiger partial charge in [-0.15, -0.1) is 0 Å². The second kappa shape index (κ2) is 5.26. The van der Waals surface area contributed by atoms with E-state index in [0.29, 0.717) is 6.04 Å². The van der Waals surface area contributed by atoms with Crippen LogP contribution < -0.4 is 11.1 Å². The van der Waals surface area contributed by atoms with E-state index in [9.17, 15) is 9.59 Å². The monoisotopic (exact) mass is 253 g/mol. The highest BCUT2D eigenvalue weighted by Crippen LogP contribution is 2.34. The molecule has 2 fully saturated rings. The number of carbonyl (C=O) groups is 2. The van der Waals surface area contributed by atoms with E-state index in [4.69, 9.17) is 5.73 Å². The van der Waals surface area contributed by atoms with E-state index in [1.54, 1.807) is 0 Å². The molecule has 3 N–H and O–H groups in total. The summed E-state index contributed by atoms with van der Waals surface area (Å²) in [6, 6.07) is 0.372. The van der Waals surface area contributed by atoms with Crippen molar-refractivity contribution in [1.82, 2.24) is 10.2 Å². The van der Waals surface area contributed by atoms with Gasteiger partial charge in [0.15, 0.2) is 0 Å². The lowest BCUT2D eigenvalue weighted by Gasteiger charge is -2.31. The number of rotatable bonds is 5. The van der Waals surface area contributed by atoms with Gasteiger partial charge in [-0.25, -0.2) is 0 Å². The van der Waals surface area contributed by atoms with E-state index < -0.39 is 5.54 Å². The Kier molecular flexibility index (Phi) is 3.90. The first-order valence-electron chi connectivity index (χ1n) is 6.86. The predicted octanol–water partition coefficient (Wildman–Crippen LogP) is 0.385. The van der Waals surface area contributed by atoms with Crippen LogP contribution in [0.5, 0.6) is 0 Å². The minimum Gasteiger partial charge on any atom is -0.368 e. The predicted molar refractivity (Wildman–Crippen MR) is 68.8 cm³/mol. The van der Waals surface area contributed by atoms with Crippen LogP contribution in [0.3, 0.4) is 0 Å². The number of hydrogen-bond acceptors (Lipinski definition) is 3. The number of nitrogens with zero attached hydrogens (tertiary/aromatic N) is 1. The van der Waals surface area contributed by atoms with Crippen molar-refractivity contribution in [3.8, 4) is 0 Å². The summed E-state index contributed by atoms with van der Waals surface area (Å²) in [6.07, 6.45) is 7.40. The topological polar surface area (TPSA) is 75.4 Å². The number of hydrogen-bond donors (Lipinski definition) is 2. The van der Waals surface area contributed by atoms with Gasteiger partial charge in [-0.05, 0) is 25.7 Å². The van der Waals surface area contributed by atoms with Crippen molar-refractivity contribution >= 4 is 11.8 Å². The highest BCUT2D eigenvalue weighted by molar-refractivity contribution is 5.89. The van der Waals surface area contributed by atoms with E-state index in [2.05, 4.69) is 5.32 Å². The average Bonchev–Trinajstić information content (AvgIpc) is 3.17. The molecule has 2 aliphatic carbocycles. The summed E-state index contributed by atoms with van der Waals surface area (Å²) in [4.78, 5) is 25.1. The first-order chi connectivity index (χ1) is 8.55. The first-order valence-corrected chi connectivity index (χ1v) is 6.86. The molecule has 0 aromatic rings. The Hall–Kier alpha value is -1.10. The molecule has 0 heterocycles. The fourth-order valence-electron chi connectivity index (χ4n) is 2.68. The van der Waals surface area contributed by atoms with Crippen molar-refractivity contribution in [1.29, 1.82) is 0 Å².